The zero-order valence-corrected chi connectivity index (χ0v) is 23.0. The molecular formula is C38H25F3N2. The molecule has 208 valence electrons. The molecule has 0 saturated carbocycles. The molecule has 6 aromatic carbocycles. The molecule has 0 amide bonds. The van der Waals surface area contributed by atoms with Gasteiger partial charge in [-0.1, -0.05) is 127 Å². The average Bonchev–Trinajstić information content (AvgIpc) is 3.05. The Morgan fingerprint density at radius 1 is 0.465 bits per heavy atom. The van der Waals surface area contributed by atoms with Gasteiger partial charge in [0.2, 0.25) is 0 Å². The third-order valence-corrected chi connectivity index (χ3v) is 7.68. The van der Waals surface area contributed by atoms with Gasteiger partial charge in [0.1, 0.15) is 11.5 Å². The van der Waals surface area contributed by atoms with Crippen LogP contribution in [-0.2, 0) is 6.18 Å². The average molecular weight is 567 g/mol. The summed E-state index contributed by atoms with van der Waals surface area (Å²) in [5.74, 6) is 0.189. The van der Waals surface area contributed by atoms with Crippen LogP contribution >= 0.6 is 0 Å². The normalized spacial score (nSPS) is 11.6. The van der Waals surface area contributed by atoms with E-state index < -0.39 is 11.9 Å². The van der Waals surface area contributed by atoms with Crippen molar-refractivity contribution in [1.82, 2.24) is 4.98 Å². The minimum Gasteiger partial charge on any atom is -0.294 e. The quantitative estimate of drug-likeness (QED) is 0.193. The van der Waals surface area contributed by atoms with Crippen molar-refractivity contribution in [2.24, 2.45) is 0 Å². The standard InChI is InChI=1S/C38H25F3N2/c39-38(40,41)34-24-13-25-35(42-34)43(27-16-5-2-6-17-27)37-32-22-11-9-20-30(32)36(31-21-10-12-23-33(31)37)29-19-8-7-18-28(29)26-14-3-1-4-15-26/h1-25H. The first-order chi connectivity index (χ1) is 21.0. The fraction of sp³-hybridized carbons (Fsp3) is 0.0263. The number of halogens is 3. The zero-order chi connectivity index (χ0) is 29.4. The van der Waals surface area contributed by atoms with E-state index in [-0.39, 0.29) is 5.82 Å². The summed E-state index contributed by atoms with van der Waals surface area (Å²) in [5, 5.41) is 3.80. The maximum atomic E-state index is 13.9. The van der Waals surface area contributed by atoms with Crippen LogP contribution in [0.3, 0.4) is 0 Å². The van der Waals surface area contributed by atoms with Gasteiger partial charge < -0.3 is 0 Å². The number of aromatic nitrogens is 1. The molecular weight excluding hydrogens is 541 g/mol. The van der Waals surface area contributed by atoms with Crippen molar-refractivity contribution in [3.8, 4) is 22.3 Å². The number of hydrogen-bond donors (Lipinski definition) is 0. The Balaban J connectivity index is 1.60. The highest BCUT2D eigenvalue weighted by molar-refractivity contribution is 6.23. The summed E-state index contributed by atoms with van der Waals surface area (Å²) in [5.41, 5.74) is 4.90. The minimum absolute atomic E-state index is 0.189. The highest BCUT2D eigenvalue weighted by atomic mass is 19.4. The maximum Gasteiger partial charge on any atom is 0.433 e. The third kappa shape index (κ3) is 4.79. The topological polar surface area (TPSA) is 16.1 Å². The number of rotatable bonds is 5. The fourth-order valence-corrected chi connectivity index (χ4v) is 5.87. The number of hydrogen-bond acceptors (Lipinski definition) is 2. The van der Waals surface area contributed by atoms with Crippen LogP contribution < -0.4 is 4.90 Å². The number of benzene rings is 6. The molecule has 0 N–H and O–H groups in total. The third-order valence-electron chi connectivity index (χ3n) is 7.68. The molecule has 0 fully saturated rings. The van der Waals surface area contributed by atoms with E-state index in [1.54, 1.807) is 6.07 Å². The maximum absolute atomic E-state index is 13.9. The molecule has 0 atom stereocenters. The molecule has 1 aromatic heterocycles. The summed E-state index contributed by atoms with van der Waals surface area (Å²) in [7, 11) is 0. The Labute approximate surface area is 247 Å². The number of para-hydroxylation sites is 1. The minimum atomic E-state index is -4.58. The summed E-state index contributed by atoms with van der Waals surface area (Å²) >= 11 is 0. The van der Waals surface area contributed by atoms with Crippen LogP contribution in [0.15, 0.2) is 152 Å². The smallest absolute Gasteiger partial charge is 0.294 e. The lowest BCUT2D eigenvalue weighted by Gasteiger charge is -2.29. The summed E-state index contributed by atoms with van der Waals surface area (Å²) in [6.45, 7) is 0. The Morgan fingerprint density at radius 3 is 1.58 bits per heavy atom. The second-order valence-electron chi connectivity index (χ2n) is 10.3. The van der Waals surface area contributed by atoms with E-state index in [1.807, 2.05) is 102 Å². The molecule has 7 rings (SSSR count). The fourth-order valence-electron chi connectivity index (χ4n) is 5.87. The Hall–Kier alpha value is -5.42. The van der Waals surface area contributed by atoms with Crippen LogP contribution in [0.1, 0.15) is 5.69 Å². The van der Waals surface area contributed by atoms with Gasteiger partial charge in [0.15, 0.2) is 0 Å². The van der Waals surface area contributed by atoms with Crippen LogP contribution in [0, 0.1) is 0 Å². The Morgan fingerprint density at radius 2 is 0.977 bits per heavy atom. The molecule has 0 spiro atoms. The lowest BCUT2D eigenvalue weighted by molar-refractivity contribution is -0.141. The monoisotopic (exact) mass is 566 g/mol. The summed E-state index contributed by atoms with van der Waals surface area (Å²) in [6, 6.07) is 48.3. The van der Waals surface area contributed by atoms with Crippen molar-refractivity contribution < 1.29 is 13.2 Å². The largest absolute Gasteiger partial charge is 0.433 e. The number of nitrogens with zero attached hydrogens (tertiary/aromatic N) is 2. The molecule has 2 nitrogen and oxygen atoms in total. The molecule has 0 aliphatic carbocycles. The van der Waals surface area contributed by atoms with Crippen LogP contribution in [0.2, 0.25) is 0 Å². The van der Waals surface area contributed by atoms with E-state index in [0.717, 1.165) is 55.6 Å². The van der Waals surface area contributed by atoms with Crippen molar-refractivity contribution in [3.05, 3.63) is 157 Å². The van der Waals surface area contributed by atoms with Gasteiger partial charge >= 0.3 is 6.18 Å². The second-order valence-corrected chi connectivity index (χ2v) is 10.3. The number of pyridine rings is 1. The van der Waals surface area contributed by atoms with Gasteiger partial charge in [-0.3, -0.25) is 4.90 Å². The molecule has 43 heavy (non-hydrogen) atoms. The molecule has 0 saturated heterocycles. The highest BCUT2D eigenvalue weighted by Crippen LogP contribution is 2.49. The van der Waals surface area contributed by atoms with Gasteiger partial charge in [-0.2, -0.15) is 13.2 Å². The molecule has 0 unspecified atom stereocenters. The van der Waals surface area contributed by atoms with E-state index in [9.17, 15) is 13.2 Å². The molecule has 1 heterocycles. The Kier molecular flexibility index (Phi) is 6.63. The van der Waals surface area contributed by atoms with E-state index in [0.29, 0.717) is 5.69 Å². The number of alkyl halides is 3. The summed E-state index contributed by atoms with van der Waals surface area (Å²) < 4.78 is 41.6. The predicted octanol–water partition coefficient (Wildman–Crippen LogP) is 11.2. The van der Waals surface area contributed by atoms with Crippen molar-refractivity contribution in [2.45, 2.75) is 6.18 Å². The highest BCUT2D eigenvalue weighted by Gasteiger charge is 2.33. The molecule has 0 aliphatic heterocycles. The van der Waals surface area contributed by atoms with E-state index in [2.05, 4.69) is 41.4 Å². The first kappa shape index (κ1) is 26.5. The van der Waals surface area contributed by atoms with E-state index >= 15 is 0 Å². The zero-order valence-electron chi connectivity index (χ0n) is 23.0. The van der Waals surface area contributed by atoms with Gasteiger partial charge in [0, 0.05) is 16.5 Å². The molecule has 7 aromatic rings. The molecule has 0 aliphatic rings. The van der Waals surface area contributed by atoms with Gasteiger partial charge in [0.05, 0.1) is 5.69 Å². The molecule has 0 radical (unpaired) electrons. The summed E-state index contributed by atoms with van der Waals surface area (Å²) in [6.07, 6.45) is -4.58. The first-order valence-electron chi connectivity index (χ1n) is 14.0. The van der Waals surface area contributed by atoms with E-state index in [4.69, 9.17) is 0 Å². The SMILES string of the molecule is FC(F)(F)c1cccc(N(c2ccccc2)c2c3ccccc3c(-c3ccccc3-c3ccccc3)c3ccccc23)n1. The second kappa shape index (κ2) is 10.8. The predicted molar refractivity (Wildman–Crippen MR) is 170 cm³/mol. The van der Waals surface area contributed by atoms with Crippen LogP contribution in [0.4, 0.5) is 30.4 Å². The van der Waals surface area contributed by atoms with Crippen LogP contribution in [0.25, 0.3) is 43.8 Å². The van der Waals surface area contributed by atoms with Crippen molar-refractivity contribution in [1.29, 1.82) is 0 Å². The van der Waals surface area contributed by atoms with Crippen LogP contribution in [0.5, 0.6) is 0 Å². The number of anilines is 3. The Bertz CT molecular complexity index is 2010. The van der Waals surface area contributed by atoms with Crippen molar-refractivity contribution in [2.75, 3.05) is 4.90 Å². The molecule has 5 heteroatoms. The van der Waals surface area contributed by atoms with Crippen molar-refractivity contribution >= 4 is 38.7 Å². The summed E-state index contributed by atoms with van der Waals surface area (Å²) in [4.78, 5) is 5.99. The van der Waals surface area contributed by atoms with Gasteiger partial charge in [-0.25, -0.2) is 4.98 Å². The lowest BCUT2D eigenvalue weighted by Crippen LogP contribution is -2.16. The van der Waals surface area contributed by atoms with Crippen molar-refractivity contribution in [3.63, 3.8) is 0 Å². The lowest BCUT2D eigenvalue weighted by atomic mass is 9.86. The van der Waals surface area contributed by atoms with E-state index in [1.165, 1.54) is 6.07 Å². The number of fused-ring (bicyclic) bond motifs is 2. The van der Waals surface area contributed by atoms with Gasteiger partial charge in [-0.05, 0) is 57.3 Å². The van der Waals surface area contributed by atoms with Crippen LogP contribution in [-0.4, -0.2) is 4.98 Å². The first-order valence-corrected chi connectivity index (χ1v) is 14.0. The molecule has 0 bridgehead atoms. The van der Waals surface area contributed by atoms with Gasteiger partial charge in [0.25, 0.3) is 0 Å². The van der Waals surface area contributed by atoms with Gasteiger partial charge in [-0.15, -0.1) is 0 Å².